The van der Waals surface area contributed by atoms with Crippen LogP contribution in [0.3, 0.4) is 0 Å². The van der Waals surface area contributed by atoms with Crippen LogP contribution in [0.5, 0.6) is 11.5 Å². The SMILES string of the molecule is COc1ccc(OC[C@H]2O[C@@H]3OC(C)(C)O[C@@H]3[C@H]2OCc2ccccc2)cc1. The Morgan fingerprint density at radius 1 is 0.929 bits per heavy atom. The van der Waals surface area contributed by atoms with Crippen molar-refractivity contribution in [3.05, 3.63) is 60.2 Å². The van der Waals surface area contributed by atoms with Crippen LogP contribution in [-0.2, 0) is 25.6 Å². The maximum atomic E-state index is 6.20. The summed E-state index contributed by atoms with van der Waals surface area (Å²) in [5.41, 5.74) is 1.10. The average Bonchev–Trinajstić information content (AvgIpc) is 3.17. The van der Waals surface area contributed by atoms with E-state index in [0.717, 1.165) is 17.1 Å². The molecule has 28 heavy (non-hydrogen) atoms. The quantitative estimate of drug-likeness (QED) is 0.726. The minimum atomic E-state index is -0.689. The maximum Gasteiger partial charge on any atom is 0.190 e. The fourth-order valence-corrected chi connectivity index (χ4v) is 3.50. The van der Waals surface area contributed by atoms with Crippen molar-refractivity contribution in [2.24, 2.45) is 0 Å². The first-order valence-electron chi connectivity index (χ1n) is 9.47. The monoisotopic (exact) mass is 386 g/mol. The second kappa shape index (κ2) is 8.09. The molecule has 2 aromatic carbocycles. The van der Waals surface area contributed by atoms with E-state index in [1.807, 2.05) is 68.4 Å². The minimum absolute atomic E-state index is 0.287. The third-order valence-corrected chi connectivity index (χ3v) is 4.85. The Balaban J connectivity index is 1.42. The van der Waals surface area contributed by atoms with Crippen molar-refractivity contribution in [3.63, 3.8) is 0 Å². The Morgan fingerprint density at radius 3 is 2.36 bits per heavy atom. The molecule has 6 nitrogen and oxygen atoms in total. The van der Waals surface area contributed by atoms with Crippen LogP contribution in [0.2, 0.25) is 0 Å². The summed E-state index contributed by atoms with van der Waals surface area (Å²) < 4.78 is 35.3. The zero-order chi connectivity index (χ0) is 19.6. The van der Waals surface area contributed by atoms with E-state index in [4.69, 9.17) is 28.4 Å². The highest BCUT2D eigenvalue weighted by Gasteiger charge is 2.55. The number of ether oxygens (including phenoxy) is 6. The van der Waals surface area contributed by atoms with Crippen LogP contribution in [-0.4, -0.2) is 44.1 Å². The Labute approximate surface area is 165 Å². The van der Waals surface area contributed by atoms with E-state index in [0.29, 0.717) is 13.2 Å². The first kappa shape index (κ1) is 19.2. The van der Waals surface area contributed by atoms with Gasteiger partial charge in [0.15, 0.2) is 12.1 Å². The predicted octanol–water partition coefficient (Wildman–Crippen LogP) is 3.54. The molecule has 150 valence electrons. The highest BCUT2D eigenvalue weighted by Crippen LogP contribution is 2.39. The van der Waals surface area contributed by atoms with Gasteiger partial charge in [0.1, 0.15) is 36.4 Å². The fraction of sp³-hybridized carbons (Fsp3) is 0.455. The van der Waals surface area contributed by atoms with Gasteiger partial charge in [-0.05, 0) is 43.7 Å². The summed E-state index contributed by atoms with van der Waals surface area (Å²) in [6.45, 7) is 4.57. The molecule has 4 atom stereocenters. The maximum absolute atomic E-state index is 6.20. The zero-order valence-electron chi connectivity index (χ0n) is 16.4. The Bertz CT molecular complexity index is 760. The number of hydrogen-bond acceptors (Lipinski definition) is 6. The van der Waals surface area contributed by atoms with Gasteiger partial charge in [0.05, 0.1) is 13.7 Å². The van der Waals surface area contributed by atoms with Gasteiger partial charge in [-0.1, -0.05) is 30.3 Å². The van der Waals surface area contributed by atoms with Gasteiger partial charge in [-0.15, -0.1) is 0 Å². The van der Waals surface area contributed by atoms with Crippen molar-refractivity contribution in [2.45, 2.75) is 50.8 Å². The summed E-state index contributed by atoms with van der Waals surface area (Å²) in [6.07, 6.45) is -1.33. The van der Waals surface area contributed by atoms with Gasteiger partial charge in [-0.25, -0.2) is 0 Å². The molecule has 0 unspecified atom stereocenters. The lowest BCUT2D eigenvalue weighted by Crippen LogP contribution is -2.39. The van der Waals surface area contributed by atoms with Crippen LogP contribution >= 0.6 is 0 Å². The number of fused-ring (bicyclic) bond motifs is 1. The molecule has 2 aliphatic heterocycles. The summed E-state index contributed by atoms with van der Waals surface area (Å²) in [6, 6.07) is 17.5. The first-order chi connectivity index (χ1) is 13.5. The Hall–Kier alpha value is -2.12. The van der Waals surface area contributed by atoms with Gasteiger partial charge < -0.3 is 28.4 Å². The van der Waals surface area contributed by atoms with E-state index in [9.17, 15) is 0 Å². The Kier molecular flexibility index (Phi) is 5.55. The molecule has 0 aliphatic carbocycles. The van der Waals surface area contributed by atoms with E-state index in [-0.39, 0.29) is 18.3 Å². The van der Waals surface area contributed by atoms with Crippen molar-refractivity contribution in [2.75, 3.05) is 13.7 Å². The second-order valence-corrected chi connectivity index (χ2v) is 7.39. The fourth-order valence-electron chi connectivity index (χ4n) is 3.50. The van der Waals surface area contributed by atoms with E-state index in [1.54, 1.807) is 7.11 Å². The van der Waals surface area contributed by atoms with Crippen molar-refractivity contribution in [3.8, 4) is 11.5 Å². The molecular weight excluding hydrogens is 360 g/mol. The minimum Gasteiger partial charge on any atom is -0.497 e. The van der Waals surface area contributed by atoms with E-state index in [1.165, 1.54) is 0 Å². The molecule has 0 radical (unpaired) electrons. The topological polar surface area (TPSA) is 55.4 Å². The van der Waals surface area contributed by atoms with Gasteiger partial charge in [0.25, 0.3) is 0 Å². The van der Waals surface area contributed by atoms with Crippen LogP contribution < -0.4 is 9.47 Å². The van der Waals surface area contributed by atoms with Crippen LogP contribution in [0.1, 0.15) is 19.4 Å². The molecule has 2 aliphatic rings. The van der Waals surface area contributed by atoms with Crippen LogP contribution in [0.25, 0.3) is 0 Å². The standard InChI is InChI=1S/C22H26O6/c1-22(2)27-20-19(25-13-15-7-5-4-6-8-15)18(26-21(20)28-22)14-24-17-11-9-16(23-3)10-12-17/h4-12,18-21H,13-14H2,1-3H3/t18-,19+,20-,21-/m1/s1. The highest BCUT2D eigenvalue weighted by atomic mass is 16.8. The number of methoxy groups -OCH3 is 1. The smallest absolute Gasteiger partial charge is 0.190 e. The van der Waals surface area contributed by atoms with Crippen LogP contribution in [0.4, 0.5) is 0 Å². The largest absolute Gasteiger partial charge is 0.497 e. The lowest BCUT2D eigenvalue weighted by molar-refractivity contribution is -0.221. The van der Waals surface area contributed by atoms with Gasteiger partial charge in [-0.3, -0.25) is 0 Å². The predicted molar refractivity (Wildman–Crippen MR) is 102 cm³/mol. The molecular formula is C22H26O6. The van der Waals surface area contributed by atoms with Crippen molar-refractivity contribution < 1.29 is 28.4 Å². The molecule has 0 spiro atoms. The average molecular weight is 386 g/mol. The lowest BCUT2D eigenvalue weighted by atomic mass is 10.1. The number of hydrogen-bond donors (Lipinski definition) is 0. The molecule has 0 bridgehead atoms. The molecule has 2 saturated heterocycles. The molecule has 2 heterocycles. The summed E-state index contributed by atoms with van der Waals surface area (Å²) in [5, 5.41) is 0. The molecule has 0 aromatic heterocycles. The molecule has 2 fully saturated rings. The molecule has 2 aromatic rings. The van der Waals surface area contributed by atoms with Gasteiger partial charge >= 0.3 is 0 Å². The molecule has 0 N–H and O–H groups in total. The van der Waals surface area contributed by atoms with E-state index < -0.39 is 12.1 Å². The molecule has 4 rings (SSSR count). The third-order valence-electron chi connectivity index (χ3n) is 4.85. The lowest BCUT2D eigenvalue weighted by Gasteiger charge is -2.26. The summed E-state index contributed by atoms with van der Waals surface area (Å²) >= 11 is 0. The highest BCUT2D eigenvalue weighted by molar-refractivity contribution is 5.31. The summed E-state index contributed by atoms with van der Waals surface area (Å²) in [5.74, 6) is 0.837. The van der Waals surface area contributed by atoms with Crippen LogP contribution in [0, 0.1) is 0 Å². The van der Waals surface area contributed by atoms with Crippen molar-refractivity contribution in [1.82, 2.24) is 0 Å². The molecule has 6 heteroatoms. The van der Waals surface area contributed by atoms with Crippen molar-refractivity contribution >= 4 is 0 Å². The van der Waals surface area contributed by atoms with E-state index in [2.05, 4.69) is 0 Å². The van der Waals surface area contributed by atoms with Gasteiger partial charge in [0, 0.05) is 0 Å². The number of rotatable bonds is 7. The Morgan fingerprint density at radius 2 is 1.64 bits per heavy atom. The van der Waals surface area contributed by atoms with Crippen molar-refractivity contribution in [1.29, 1.82) is 0 Å². The first-order valence-corrected chi connectivity index (χ1v) is 9.47. The van der Waals surface area contributed by atoms with Crippen LogP contribution in [0.15, 0.2) is 54.6 Å². The summed E-state index contributed by atoms with van der Waals surface area (Å²) in [4.78, 5) is 0. The second-order valence-electron chi connectivity index (χ2n) is 7.39. The van der Waals surface area contributed by atoms with E-state index >= 15 is 0 Å². The number of benzene rings is 2. The molecule has 0 saturated carbocycles. The summed E-state index contributed by atoms with van der Waals surface area (Å²) in [7, 11) is 1.64. The normalized spacial score (nSPS) is 28.1. The molecule has 0 amide bonds. The third kappa shape index (κ3) is 4.31. The zero-order valence-corrected chi connectivity index (χ0v) is 16.4. The van der Waals surface area contributed by atoms with Gasteiger partial charge in [-0.2, -0.15) is 0 Å². The van der Waals surface area contributed by atoms with Gasteiger partial charge in [0.2, 0.25) is 0 Å².